The van der Waals surface area contributed by atoms with Crippen LogP contribution in [0.4, 0.5) is 0 Å². The van der Waals surface area contributed by atoms with Crippen LogP contribution < -0.4 is 10.6 Å². The smallest absolute Gasteiger partial charge is 0.243 e. The maximum atomic E-state index is 11.9. The van der Waals surface area contributed by atoms with Gasteiger partial charge in [-0.15, -0.1) is 0 Å². The molecule has 1 unspecified atom stereocenters. The molecule has 1 heterocycles. The van der Waals surface area contributed by atoms with E-state index in [4.69, 9.17) is 4.74 Å². The second kappa shape index (κ2) is 9.06. The van der Waals surface area contributed by atoms with E-state index < -0.39 is 0 Å². The molecule has 1 amide bonds. The van der Waals surface area contributed by atoms with Crippen molar-refractivity contribution in [3.8, 4) is 0 Å². The fraction of sp³-hybridized carbons (Fsp3) is 0.600. The van der Waals surface area contributed by atoms with Crippen molar-refractivity contribution in [2.45, 2.75) is 37.2 Å². The van der Waals surface area contributed by atoms with Gasteiger partial charge in [0.25, 0.3) is 0 Å². The highest BCUT2D eigenvalue weighted by atomic mass is 79.9. The molecular weight excluding hydrogens is 408 g/mol. The van der Waals surface area contributed by atoms with Crippen LogP contribution in [0.25, 0.3) is 0 Å². The summed E-state index contributed by atoms with van der Waals surface area (Å²) in [5, 5.41) is 6.81. The van der Waals surface area contributed by atoms with Gasteiger partial charge in [-0.2, -0.15) is 0 Å². The van der Waals surface area contributed by atoms with Crippen LogP contribution in [0.5, 0.6) is 0 Å². The molecule has 1 aromatic carbocycles. The van der Waals surface area contributed by atoms with Crippen LogP contribution in [0.2, 0.25) is 0 Å². The molecule has 0 radical (unpaired) electrons. The molecule has 148 valence electrons. The van der Waals surface area contributed by atoms with Gasteiger partial charge >= 0.3 is 0 Å². The van der Waals surface area contributed by atoms with E-state index in [1.54, 1.807) is 19.0 Å². The summed E-state index contributed by atoms with van der Waals surface area (Å²) in [6.45, 7) is 2.47. The Morgan fingerprint density at radius 1 is 1.33 bits per heavy atom. The third-order valence-corrected chi connectivity index (χ3v) is 5.98. The van der Waals surface area contributed by atoms with Gasteiger partial charge in [-0.05, 0) is 37.3 Å². The largest absolute Gasteiger partial charge is 0.376 e. The first-order valence-corrected chi connectivity index (χ1v) is 10.4. The van der Waals surface area contributed by atoms with Gasteiger partial charge in [0.2, 0.25) is 5.91 Å². The maximum absolute atomic E-state index is 11.9. The molecule has 0 bridgehead atoms. The van der Waals surface area contributed by atoms with Gasteiger partial charge in [-0.3, -0.25) is 4.79 Å². The lowest BCUT2D eigenvalue weighted by atomic mass is 9.96. The summed E-state index contributed by atoms with van der Waals surface area (Å²) in [7, 11) is 3.49. The summed E-state index contributed by atoms with van der Waals surface area (Å²) in [5.41, 5.74) is 1.47. The van der Waals surface area contributed by atoms with Crippen molar-refractivity contribution in [3.63, 3.8) is 0 Å². The fourth-order valence-corrected chi connectivity index (χ4v) is 4.02. The molecule has 1 aromatic rings. The molecule has 3 rings (SSSR count). The zero-order chi connectivity index (χ0) is 19.3. The lowest BCUT2D eigenvalue weighted by molar-refractivity contribution is -0.127. The van der Waals surface area contributed by atoms with Gasteiger partial charge in [0.15, 0.2) is 5.96 Å². The van der Waals surface area contributed by atoms with Crippen LogP contribution in [0, 0.1) is 0 Å². The van der Waals surface area contributed by atoms with Crippen LogP contribution in [-0.4, -0.2) is 63.2 Å². The number of nitrogens with zero attached hydrogens (tertiary/aromatic N) is 2. The normalized spacial score (nSPS) is 21.0. The first-order valence-electron chi connectivity index (χ1n) is 9.59. The molecule has 0 aromatic heterocycles. The number of carbonyl (C=O) groups is 1. The number of likely N-dealkylation sites (N-methyl/N-ethyl adjacent to an activating group) is 1. The number of amides is 1. The number of ether oxygens (including phenoxy) is 1. The summed E-state index contributed by atoms with van der Waals surface area (Å²) in [4.78, 5) is 18.0. The van der Waals surface area contributed by atoms with E-state index in [9.17, 15) is 4.79 Å². The predicted molar refractivity (Wildman–Crippen MR) is 111 cm³/mol. The Morgan fingerprint density at radius 2 is 2.11 bits per heavy atom. The highest BCUT2D eigenvalue weighted by Crippen LogP contribution is 2.49. The van der Waals surface area contributed by atoms with Gasteiger partial charge in [0.1, 0.15) is 6.54 Å². The van der Waals surface area contributed by atoms with Crippen LogP contribution in [-0.2, 0) is 14.9 Å². The number of benzene rings is 1. The SMILES string of the molecule is CN(C)C(=O)CN=C(NCC1CCCO1)NCC1(c2ccccc2Br)CC1. The molecule has 1 aliphatic carbocycles. The molecule has 2 aliphatic rings. The van der Waals surface area contributed by atoms with E-state index in [0.717, 1.165) is 43.3 Å². The van der Waals surface area contributed by atoms with Gasteiger partial charge in [0.05, 0.1) is 6.10 Å². The topological polar surface area (TPSA) is 66.0 Å². The first kappa shape index (κ1) is 20.1. The number of hydrogen-bond acceptors (Lipinski definition) is 3. The predicted octanol–water partition coefficient (Wildman–Crippen LogP) is 2.28. The molecule has 7 heteroatoms. The Morgan fingerprint density at radius 3 is 2.74 bits per heavy atom. The summed E-state index contributed by atoms with van der Waals surface area (Å²) in [6, 6.07) is 8.40. The molecular formula is C20H29BrN4O2. The molecule has 1 saturated carbocycles. The van der Waals surface area contributed by atoms with Crippen LogP contribution in [0.15, 0.2) is 33.7 Å². The van der Waals surface area contributed by atoms with E-state index >= 15 is 0 Å². The van der Waals surface area contributed by atoms with Crippen LogP contribution >= 0.6 is 15.9 Å². The van der Waals surface area contributed by atoms with Crippen molar-refractivity contribution in [1.29, 1.82) is 0 Å². The molecule has 1 saturated heterocycles. The Hall–Kier alpha value is -1.60. The molecule has 27 heavy (non-hydrogen) atoms. The fourth-order valence-electron chi connectivity index (χ4n) is 3.31. The van der Waals surface area contributed by atoms with Crippen molar-refractivity contribution >= 4 is 27.8 Å². The van der Waals surface area contributed by atoms with Crippen molar-refractivity contribution < 1.29 is 9.53 Å². The molecule has 6 nitrogen and oxygen atoms in total. The minimum Gasteiger partial charge on any atom is -0.376 e. The Labute approximate surface area is 169 Å². The summed E-state index contributed by atoms with van der Waals surface area (Å²) in [5.74, 6) is 0.666. The molecule has 0 spiro atoms. The zero-order valence-corrected chi connectivity index (χ0v) is 17.7. The van der Waals surface area contributed by atoms with E-state index in [-0.39, 0.29) is 24.0 Å². The number of rotatable bonds is 7. The van der Waals surface area contributed by atoms with Gasteiger partial charge in [0, 0.05) is 43.7 Å². The molecule has 1 aliphatic heterocycles. The Kier molecular flexibility index (Phi) is 6.76. The number of aliphatic imine (C=N–C) groups is 1. The van der Waals surface area contributed by atoms with Crippen molar-refractivity contribution in [1.82, 2.24) is 15.5 Å². The van der Waals surface area contributed by atoms with Gasteiger partial charge in [-0.25, -0.2) is 4.99 Å². The standard InChI is InChI=1S/C20H29BrN4O2/c1-25(2)18(26)13-23-19(22-12-15-6-5-11-27-15)24-14-20(9-10-20)16-7-3-4-8-17(16)21/h3-4,7-8,15H,5-6,9-14H2,1-2H3,(H2,22,23,24). The molecule has 2 N–H and O–H groups in total. The number of guanidine groups is 1. The minimum atomic E-state index is -0.0137. The number of halogens is 1. The first-order chi connectivity index (χ1) is 13.0. The summed E-state index contributed by atoms with van der Waals surface area (Å²) >= 11 is 3.68. The third-order valence-electron chi connectivity index (χ3n) is 5.29. The van der Waals surface area contributed by atoms with E-state index in [2.05, 4.69) is 49.8 Å². The monoisotopic (exact) mass is 436 g/mol. The van der Waals surface area contributed by atoms with E-state index in [1.807, 2.05) is 6.07 Å². The minimum absolute atomic E-state index is 0.0137. The van der Waals surface area contributed by atoms with Crippen LogP contribution in [0.3, 0.4) is 0 Å². The van der Waals surface area contributed by atoms with Gasteiger partial charge in [-0.1, -0.05) is 34.1 Å². The van der Waals surface area contributed by atoms with Crippen molar-refractivity contribution in [2.75, 3.05) is 40.3 Å². The number of hydrogen-bond donors (Lipinski definition) is 2. The maximum Gasteiger partial charge on any atom is 0.243 e. The summed E-state index contributed by atoms with van der Waals surface area (Å²) in [6.07, 6.45) is 4.70. The highest BCUT2D eigenvalue weighted by Gasteiger charge is 2.45. The number of nitrogens with one attached hydrogen (secondary N) is 2. The Balaban J connectivity index is 1.62. The highest BCUT2D eigenvalue weighted by molar-refractivity contribution is 9.10. The van der Waals surface area contributed by atoms with E-state index in [1.165, 1.54) is 5.56 Å². The lowest BCUT2D eigenvalue weighted by Crippen LogP contribution is -2.44. The van der Waals surface area contributed by atoms with Crippen LogP contribution in [0.1, 0.15) is 31.2 Å². The average molecular weight is 437 g/mol. The third kappa shape index (κ3) is 5.45. The average Bonchev–Trinajstić information content (AvgIpc) is 3.25. The van der Waals surface area contributed by atoms with E-state index in [0.29, 0.717) is 12.5 Å². The second-order valence-electron chi connectivity index (χ2n) is 7.58. The Bertz CT molecular complexity index is 682. The van der Waals surface area contributed by atoms with Crippen molar-refractivity contribution in [2.24, 2.45) is 4.99 Å². The zero-order valence-electron chi connectivity index (χ0n) is 16.1. The lowest BCUT2D eigenvalue weighted by Gasteiger charge is -2.21. The second-order valence-corrected chi connectivity index (χ2v) is 8.44. The quantitative estimate of drug-likeness (QED) is 0.508. The summed E-state index contributed by atoms with van der Waals surface area (Å²) < 4.78 is 6.83. The number of carbonyl (C=O) groups excluding carboxylic acids is 1. The van der Waals surface area contributed by atoms with Crippen molar-refractivity contribution in [3.05, 3.63) is 34.3 Å². The molecule has 2 fully saturated rings. The molecule has 1 atom stereocenters. The van der Waals surface area contributed by atoms with Gasteiger partial charge < -0.3 is 20.3 Å².